The molecule has 0 saturated carbocycles. The Bertz CT molecular complexity index is 744. The summed E-state index contributed by atoms with van der Waals surface area (Å²) in [5.41, 5.74) is 1.00. The van der Waals surface area contributed by atoms with Crippen LogP contribution in [0.25, 0.3) is 0 Å². The SMILES string of the molecule is CCOC(=O)C(CCc1cccc(OC)c1)N[C@@H](C)C(=O)N1CCSCC1C(=O)O. The van der Waals surface area contributed by atoms with E-state index in [1.807, 2.05) is 24.3 Å². The van der Waals surface area contributed by atoms with Crippen molar-refractivity contribution in [1.82, 2.24) is 10.2 Å². The van der Waals surface area contributed by atoms with Gasteiger partial charge in [0.05, 0.1) is 19.8 Å². The Hall–Kier alpha value is -2.26. The van der Waals surface area contributed by atoms with Gasteiger partial charge in [-0.25, -0.2) is 4.79 Å². The number of carboxylic acid groups (broad SMARTS) is 1. The zero-order valence-electron chi connectivity index (χ0n) is 17.6. The number of thioether (sulfide) groups is 1. The third kappa shape index (κ3) is 6.63. The van der Waals surface area contributed by atoms with Crippen molar-refractivity contribution < 1.29 is 29.0 Å². The molecule has 2 rings (SSSR count). The minimum absolute atomic E-state index is 0.239. The van der Waals surface area contributed by atoms with Crippen molar-refractivity contribution in [3.05, 3.63) is 29.8 Å². The fourth-order valence-corrected chi connectivity index (χ4v) is 4.38. The molecular formula is C21H30N2O6S. The van der Waals surface area contributed by atoms with Gasteiger partial charge < -0.3 is 19.5 Å². The maximum atomic E-state index is 12.9. The molecule has 166 valence electrons. The number of aliphatic carboxylic acids is 1. The van der Waals surface area contributed by atoms with Crippen LogP contribution in [0.1, 0.15) is 25.8 Å². The summed E-state index contributed by atoms with van der Waals surface area (Å²) in [6, 6.07) is 5.33. The second-order valence-electron chi connectivity index (χ2n) is 7.04. The van der Waals surface area contributed by atoms with Gasteiger partial charge in [0.1, 0.15) is 17.8 Å². The molecular weight excluding hydrogens is 408 g/mol. The summed E-state index contributed by atoms with van der Waals surface area (Å²) in [6.45, 7) is 4.00. The first-order chi connectivity index (χ1) is 14.4. The van der Waals surface area contributed by atoms with Crippen LogP contribution in [0.5, 0.6) is 5.75 Å². The monoisotopic (exact) mass is 438 g/mol. The van der Waals surface area contributed by atoms with E-state index in [1.165, 1.54) is 16.7 Å². The Kier molecular flexibility index (Phi) is 9.45. The molecule has 1 saturated heterocycles. The van der Waals surface area contributed by atoms with Crippen molar-refractivity contribution in [3.8, 4) is 5.75 Å². The molecule has 8 nitrogen and oxygen atoms in total. The zero-order chi connectivity index (χ0) is 22.1. The van der Waals surface area contributed by atoms with Crippen LogP contribution < -0.4 is 10.1 Å². The van der Waals surface area contributed by atoms with Gasteiger partial charge in [-0.15, -0.1) is 0 Å². The number of nitrogens with one attached hydrogen (secondary N) is 1. The van der Waals surface area contributed by atoms with Gasteiger partial charge in [0, 0.05) is 18.1 Å². The van der Waals surface area contributed by atoms with Gasteiger partial charge >= 0.3 is 11.9 Å². The number of amides is 1. The summed E-state index contributed by atoms with van der Waals surface area (Å²) in [5, 5.41) is 12.5. The first-order valence-corrected chi connectivity index (χ1v) is 11.2. The number of esters is 1. The standard InChI is InChI=1S/C21H30N2O6S/c1-4-29-21(27)17(9-8-15-6-5-7-16(12-15)28-3)22-14(2)19(24)23-10-11-30-13-18(23)20(25)26/h5-7,12,14,17-18,22H,4,8-11,13H2,1-3H3,(H,25,26)/t14-,17?,18?/m0/s1. The number of hydrogen-bond acceptors (Lipinski definition) is 7. The molecule has 1 aromatic rings. The highest BCUT2D eigenvalue weighted by Crippen LogP contribution is 2.19. The van der Waals surface area contributed by atoms with Gasteiger partial charge in [-0.1, -0.05) is 12.1 Å². The van der Waals surface area contributed by atoms with Crippen LogP contribution in [-0.4, -0.2) is 77.7 Å². The van der Waals surface area contributed by atoms with Gasteiger partial charge in [0.25, 0.3) is 0 Å². The highest BCUT2D eigenvalue weighted by atomic mass is 32.2. The Morgan fingerprint density at radius 3 is 2.80 bits per heavy atom. The molecule has 2 unspecified atom stereocenters. The van der Waals surface area contributed by atoms with Crippen molar-refractivity contribution in [1.29, 1.82) is 0 Å². The smallest absolute Gasteiger partial charge is 0.327 e. The van der Waals surface area contributed by atoms with E-state index in [-0.39, 0.29) is 12.5 Å². The van der Waals surface area contributed by atoms with Gasteiger partial charge in [0.15, 0.2) is 0 Å². The first kappa shape index (κ1) is 24.0. The lowest BCUT2D eigenvalue weighted by molar-refractivity contribution is -0.151. The van der Waals surface area contributed by atoms with Gasteiger partial charge in [-0.05, 0) is 44.4 Å². The largest absolute Gasteiger partial charge is 0.497 e. The Morgan fingerprint density at radius 1 is 1.37 bits per heavy atom. The number of nitrogens with zero attached hydrogens (tertiary/aromatic N) is 1. The van der Waals surface area contributed by atoms with E-state index in [9.17, 15) is 19.5 Å². The average molecular weight is 439 g/mol. The number of benzene rings is 1. The fraction of sp³-hybridized carbons (Fsp3) is 0.571. The Balaban J connectivity index is 2.05. The molecule has 30 heavy (non-hydrogen) atoms. The van der Waals surface area contributed by atoms with Gasteiger partial charge in [-0.3, -0.25) is 14.9 Å². The van der Waals surface area contributed by atoms with Crippen LogP contribution >= 0.6 is 11.8 Å². The van der Waals surface area contributed by atoms with Gasteiger partial charge in [-0.2, -0.15) is 11.8 Å². The lowest BCUT2D eigenvalue weighted by Crippen LogP contribution is -2.57. The molecule has 1 amide bonds. The highest BCUT2D eigenvalue weighted by molar-refractivity contribution is 7.99. The summed E-state index contributed by atoms with van der Waals surface area (Å²) in [4.78, 5) is 38.3. The Labute approximate surface area is 181 Å². The van der Waals surface area contributed by atoms with E-state index >= 15 is 0 Å². The van der Waals surface area contributed by atoms with Crippen LogP contribution in [0.15, 0.2) is 24.3 Å². The summed E-state index contributed by atoms with van der Waals surface area (Å²) in [6.07, 6.45) is 1.02. The third-order valence-corrected chi connectivity index (χ3v) is 5.97. The summed E-state index contributed by atoms with van der Waals surface area (Å²) >= 11 is 1.52. The van der Waals surface area contributed by atoms with Crippen LogP contribution in [0.3, 0.4) is 0 Å². The highest BCUT2D eigenvalue weighted by Gasteiger charge is 2.35. The van der Waals surface area contributed by atoms with Crippen molar-refractivity contribution in [2.75, 3.05) is 31.8 Å². The van der Waals surface area contributed by atoms with Crippen molar-refractivity contribution >= 4 is 29.6 Å². The molecule has 1 fully saturated rings. The molecule has 1 heterocycles. The van der Waals surface area contributed by atoms with E-state index in [1.54, 1.807) is 21.0 Å². The number of carbonyl (C=O) groups excluding carboxylic acids is 2. The van der Waals surface area contributed by atoms with Crippen LogP contribution in [0.2, 0.25) is 0 Å². The molecule has 2 N–H and O–H groups in total. The normalized spacial score (nSPS) is 18.4. The maximum Gasteiger partial charge on any atom is 0.327 e. The lowest BCUT2D eigenvalue weighted by Gasteiger charge is -2.35. The molecule has 0 radical (unpaired) electrons. The lowest BCUT2D eigenvalue weighted by atomic mass is 10.0. The zero-order valence-corrected chi connectivity index (χ0v) is 18.4. The molecule has 0 bridgehead atoms. The number of ether oxygens (including phenoxy) is 2. The molecule has 3 atom stereocenters. The second-order valence-corrected chi connectivity index (χ2v) is 8.19. The third-order valence-electron chi connectivity index (χ3n) is 4.95. The molecule has 1 aliphatic rings. The predicted molar refractivity (Wildman–Crippen MR) is 115 cm³/mol. The summed E-state index contributed by atoms with van der Waals surface area (Å²) in [7, 11) is 1.60. The average Bonchev–Trinajstić information content (AvgIpc) is 2.76. The van der Waals surface area contributed by atoms with Crippen LogP contribution in [0, 0.1) is 0 Å². The quantitative estimate of drug-likeness (QED) is 0.531. The predicted octanol–water partition coefficient (Wildman–Crippen LogP) is 1.57. The van der Waals surface area contributed by atoms with Crippen molar-refractivity contribution in [2.24, 2.45) is 0 Å². The minimum Gasteiger partial charge on any atom is -0.497 e. The van der Waals surface area contributed by atoms with E-state index in [0.29, 0.717) is 30.9 Å². The number of methoxy groups -OCH3 is 1. The van der Waals surface area contributed by atoms with Crippen molar-refractivity contribution in [2.45, 2.75) is 44.8 Å². The first-order valence-electron chi connectivity index (χ1n) is 10.0. The van der Waals surface area contributed by atoms with Gasteiger partial charge in [0.2, 0.25) is 5.91 Å². The maximum absolute atomic E-state index is 12.9. The van der Waals surface area contributed by atoms with E-state index in [0.717, 1.165) is 11.3 Å². The number of carbonyl (C=O) groups is 3. The number of hydrogen-bond donors (Lipinski definition) is 2. The molecule has 1 aliphatic heterocycles. The molecule has 0 aliphatic carbocycles. The topological polar surface area (TPSA) is 105 Å². The molecule has 9 heteroatoms. The van der Waals surface area contributed by atoms with Crippen LogP contribution in [-0.2, 0) is 25.5 Å². The minimum atomic E-state index is -1.01. The van der Waals surface area contributed by atoms with Crippen molar-refractivity contribution in [3.63, 3.8) is 0 Å². The molecule has 0 spiro atoms. The fourth-order valence-electron chi connectivity index (χ4n) is 3.34. The van der Waals surface area contributed by atoms with Crippen LogP contribution in [0.4, 0.5) is 0 Å². The Morgan fingerprint density at radius 2 is 2.13 bits per heavy atom. The summed E-state index contributed by atoms with van der Waals surface area (Å²) in [5.74, 6) is 0.0362. The van der Waals surface area contributed by atoms with E-state index in [2.05, 4.69) is 5.32 Å². The second kappa shape index (κ2) is 11.8. The number of rotatable bonds is 10. The van der Waals surface area contributed by atoms with E-state index < -0.39 is 30.1 Å². The van der Waals surface area contributed by atoms with E-state index in [4.69, 9.17) is 9.47 Å². The number of carboxylic acids is 1. The number of aryl methyl sites for hydroxylation is 1. The summed E-state index contributed by atoms with van der Waals surface area (Å²) < 4.78 is 10.4. The molecule has 1 aromatic carbocycles. The molecule has 0 aromatic heterocycles.